The molecule has 1 aromatic rings. The van der Waals surface area contributed by atoms with Crippen LogP contribution in [0.5, 0.6) is 0 Å². The molecule has 0 radical (unpaired) electrons. The van der Waals surface area contributed by atoms with Crippen molar-refractivity contribution in [2.45, 2.75) is 25.8 Å². The molecule has 0 spiro atoms. The van der Waals surface area contributed by atoms with E-state index in [9.17, 15) is 14.5 Å². The number of benzene rings is 1. The van der Waals surface area contributed by atoms with E-state index in [2.05, 4.69) is 17.1 Å². The van der Waals surface area contributed by atoms with Crippen LogP contribution in [0.15, 0.2) is 12.1 Å². The average molecular weight is 302 g/mol. The molecular formula is C13H17ClFN3O2. The molecule has 0 bridgehead atoms. The summed E-state index contributed by atoms with van der Waals surface area (Å²) < 4.78 is 13.5. The molecule has 1 aromatic carbocycles. The van der Waals surface area contributed by atoms with E-state index < -0.39 is 10.7 Å². The fraction of sp³-hybridized carbons (Fsp3) is 0.538. The van der Waals surface area contributed by atoms with E-state index in [0.717, 1.165) is 44.6 Å². The molecule has 2 rings (SSSR count). The van der Waals surface area contributed by atoms with E-state index in [0.29, 0.717) is 0 Å². The molecule has 5 nitrogen and oxygen atoms in total. The monoisotopic (exact) mass is 301 g/mol. The highest BCUT2D eigenvalue weighted by Crippen LogP contribution is 2.31. The minimum atomic E-state index is -0.647. The summed E-state index contributed by atoms with van der Waals surface area (Å²) >= 11 is 5.60. The largest absolute Gasteiger partial charge is 0.377 e. The Labute approximate surface area is 121 Å². The third-order valence-electron chi connectivity index (χ3n) is 3.63. The lowest BCUT2D eigenvalue weighted by atomic mass is 10.0. The number of hydrogen-bond donors (Lipinski definition) is 1. The molecule has 0 aromatic heterocycles. The van der Waals surface area contributed by atoms with Crippen LogP contribution >= 0.6 is 11.6 Å². The number of hydrogen-bond acceptors (Lipinski definition) is 4. The van der Waals surface area contributed by atoms with E-state index in [1.807, 2.05) is 0 Å². The van der Waals surface area contributed by atoms with Crippen molar-refractivity contribution in [2.75, 3.05) is 25.0 Å². The number of nitro groups is 1. The Bertz CT molecular complexity index is 505. The summed E-state index contributed by atoms with van der Waals surface area (Å²) in [7, 11) is 0. The number of anilines is 1. The minimum absolute atomic E-state index is 0.122. The van der Waals surface area contributed by atoms with Gasteiger partial charge in [-0.1, -0.05) is 18.5 Å². The zero-order valence-corrected chi connectivity index (χ0v) is 12.0. The van der Waals surface area contributed by atoms with Crippen LogP contribution in [-0.4, -0.2) is 35.5 Å². The van der Waals surface area contributed by atoms with Crippen LogP contribution in [0.4, 0.5) is 15.8 Å². The molecule has 1 aliphatic heterocycles. The molecule has 1 heterocycles. The maximum Gasteiger partial charge on any atom is 0.294 e. The smallest absolute Gasteiger partial charge is 0.294 e. The van der Waals surface area contributed by atoms with E-state index in [1.54, 1.807) is 0 Å². The van der Waals surface area contributed by atoms with Gasteiger partial charge in [-0.15, -0.1) is 0 Å². The summed E-state index contributed by atoms with van der Waals surface area (Å²) in [6.45, 7) is 4.99. The maximum absolute atomic E-state index is 13.5. The second-order valence-electron chi connectivity index (χ2n) is 4.89. The lowest BCUT2D eigenvalue weighted by molar-refractivity contribution is -0.384. The molecule has 110 valence electrons. The molecule has 1 saturated heterocycles. The summed E-state index contributed by atoms with van der Waals surface area (Å²) in [5, 5.41) is 13.8. The second kappa shape index (κ2) is 6.37. The van der Waals surface area contributed by atoms with Crippen molar-refractivity contribution in [3.05, 3.63) is 33.1 Å². The Morgan fingerprint density at radius 1 is 1.50 bits per heavy atom. The first-order chi connectivity index (χ1) is 9.51. The minimum Gasteiger partial charge on any atom is -0.377 e. The van der Waals surface area contributed by atoms with Crippen LogP contribution in [-0.2, 0) is 0 Å². The molecule has 0 atom stereocenters. The van der Waals surface area contributed by atoms with E-state index in [4.69, 9.17) is 11.6 Å². The fourth-order valence-corrected chi connectivity index (χ4v) is 2.57. The first kappa shape index (κ1) is 15.0. The molecule has 1 fully saturated rings. The summed E-state index contributed by atoms with van der Waals surface area (Å²) in [5.41, 5.74) is 0.0150. The van der Waals surface area contributed by atoms with Gasteiger partial charge in [-0.2, -0.15) is 0 Å². The first-order valence-corrected chi connectivity index (χ1v) is 7.01. The average Bonchev–Trinajstić information content (AvgIpc) is 2.43. The number of nitrogens with zero attached hydrogens (tertiary/aromatic N) is 2. The summed E-state index contributed by atoms with van der Waals surface area (Å²) in [5.74, 6) is -0.647. The van der Waals surface area contributed by atoms with Gasteiger partial charge in [-0.25, -0.2) is 4.39 Å². The topological polar surface area (TPSA) is 58.4 Å². The number of nitro benzene ring substituents is 1. The Hall–Kier alpha value is -1.40. The van der Waals surface area contributed by atoms with Crippen LogP contribution in [0.25, 0.3) is 0 Å². The molecule has 1 N–H and O–H groups in total. The number of rotatable bonds is 4. The highest BCUT2D eigenvalue weighted by atomic mass is 35.5. The summed E-state index contributed by atoms with van der Waals surface area (Å²) in [4.78, 5) is 12.8. The van der Waals surface area contributed by atoms with E-state index in [1.165, 1.54) is 0 Å². The standard InChI is InChI=1S/C13H17ClFN3O2/c1-2-17-5-3-9(4-6-17)16-12-8-11(15)10(14)7-13(12)18(19)20/h7-9,16H,2-6H2,1H3. The Kier molecular flexibility index (Phi) is 4.77. The van der Waals surface area contributed by atoms with Gasteiger partial charge in [0.15, 0.2) is 0 Å². The summed E-state index contributed by atoms with van der Waals surface area (Å²) in [6.07, 6.45) is 1.77. The highest BCUT2D eigenvalue weighted by Gasteiger charge is 2.23. The van der Waals surface area contributed by atoms with Crippen LogP contribution < -0.4 is 5.32 Å². The van der Waals surface area contributed by atoms with Crippen molar-refractivity contribution in [3.63, 3.8) is 0 Å². The van der Waals surface area contributed by atoms with Gasteiger partial charge in [0.25, 0.3) is 5.69 Å². The number of halogens is 2. The third kappa shape index (κ3) is 3.37. The lowest BCUT2D eigenvalue weighted by Gasteiger charge is -2.31. The molecule has 7 heteroatoms. The number of piperidine rings is 1. The highest BCUT2D eigenvalue weighted by molar-refractivity contribution is 6.31. The van der Waals surface area contributed by atoms with E-state index >= 15 is 0 Å². The predicted octanol–water partition coefficient (Wildman–Crippen LogP) is 3.28. The van der Waals surface area contributed by atoms with Crippen molar-refractivity contribution in [3.8, 4) is 0 Å². The van der Waals surface area contributed by atoms with E-state index in [-0.39, 0.29) is 22.4 Å². The van der Waals surface area contributed by atoms with Crippen molar-refractivity contribution in [1.29, 1.82) is 0 Å². The van der Waals surface area contributed by atoms with Gasteiger partial charge in [-0.3, -0.25) is 10.1 Å². The number of likely N-dealkylation sites (tertiary alicyclic amines) is 1. The maximum atomic E-state index is 13.5. The van der Waals surface area contributed by atoms with Gasteiger partial charge < -0.3 is 10.2 Å². The van der Waals surface area contributed by atoms with Crippen LogP contribution in [0, 0.1) is 15.9 Å². The summed E-state index contributed by atoms with van der Waals surface area (Å²) in [6, 6.07) is 2.28. The van der Waals surface area contributed by atoms with Crippen molar-refractivity contribution >= 4 is 23.0 Å². The molecule has 0 amide bonds. The first-order valence-electron chi connectivity index (χ1n) is 6.63. The van der Waals surface area contributed by atoms with Gasteiger partial charge in [0, 0.05) is 31.3 Å². The molecular weight excluding hydrogens is 285 g/mol. The normalized spacial score (nSPS) is 17.1. The van der Waals surface area contributed by atoms with Gasteiger partial charge in [0.05, 0.1) is 9.95 Å². The molecule has 0 aliphatic carbocycles. The second-order valence-corrected chi connectivity index (χ2v) is 5.30. The van der Waals surface area contributed by atoms with Gasteiger partial charge >= 0.3 is 0 Å². The molecule has 0 unspecified atom stereocenters. The zero-order chi connectivity index (χ0) is 14.7. The van der Waals surface area contributed by atoms with Crippen LogP contribution in [0.2, 0.25) is 5.02 Å². The quantitative estimate of drug-likeness (QED) is 0.685. The molecule has 20 heavy (non-hydrogen) atoms. The Morgan fingerprint density at radius 3 is 2.70 bits per heavy atom. The van der Waals surface area contributed by atoms with Gasteiger partial charge in [0.1, 0.15) is 11.5 Å². The van der Waals surface area contributed by atoms with Crippen LogP contribution in [0.3, 0.4) is 0 Å². The predicted molar refractivity (Wildman–Crippen MR) is 76.8 cm³/mol. The van der Waals surface area contributed by atoms with Gasteiger partial charge in [-0.05, 0) is 19.4 Å². The van der Waals surface area contributed by atoms with Gasteiger partial charge in [0.2, 0.25) is 0 Å². The molecule has 1 aliphatic rings. The molecule has 0 saturated carbocycles. The third-order valence-corrected chi connectivity index (χ3v) is 3.92. The number of nitrogens with one attached hydrogen (secondary N) is 1. The van der Waals surface area contributed by atoms with Crippen molar-refractivity contribution in [2.24, 2.45) is 0 Å². The fourth-order valence-electron chi connectivity index (χ4n) is 2.42. The van der Waals surface area contributed by atoms with Crippen molar-refractivity contribution in [1.82, 2.24) is 4.90 Å². The van der Waals surface area contributed by atoms with Crippen molar-refractivity contribution < 1.29 is 9.31 Å². The SMILES string of the molecule is CCN1CCC(Nc2cc(F)c(Cl)cc2[N+](=O)[O-])CC1. The Morgan fingerprint density at radius 2 is 2.15 bits per heavy atom. The zero-order valence-electron chi connectivity index (χ0n) is 11.2. The Balaban J connectivity index is 2.13. The van der Waals surface area contributed by atoms with Crippen LogP contribution in [0.1, 0.15) is 19.8 Å². The lowest BCUT2D eigenvalue weighted by Crippen LogP contribution is -2.38.